The Kier molecular flexibility index (Phi) is 3.83. The van der Waals surface area contributed by atoms with Crippen LogP contribution >= 0.6 is 0 Å². The molecule has 1 fully saturated rings. The number of nitrogens with one attached hydrogen (secondary N) is 1. The van der Waals surface area contributed by atoms with E-state index >= 15 is 0 Å². The summed E-state index contributed by atoms with van der Waals surface area (Å²) in [7, 11) is 1.27. The maximum Gasteiger partial charge on any atom is 0.321 e. The van der Waals surface area contributed by atoms with Gasteiger partial charge in [-0.3, -0.25) is 9.59 Å². The highest BCUT2D eigenvalue weighted by Gasteiger charge is 2.51. The van der Waals surface area contributed by atoms with E-state index in [4.69, 9.17) is 0 Å². The molecule has 0 atom stereocenters. The summed E-state index contributed by atoms with van der Waals surface area (Å²) in [5.41, 5.74) is -0.671. The van der Waals surface area contributed by atoms with E-state index in [0.717, 1.165) is 6.42 Å². The smallest absolute Gasteiger partial charge is 0.321 e. The zero-order valence-corrected chi connectivity index (χ0v) is 10.7. The van der Waals surface area contributed by atoms with Crippen LogP contribution in [0.4, 0.5) is 4.39 Å². The highest BCUT2D eigenvalue weighted by Crippen LogP contribution is 2.42. The van der Waals surface area contributed by atoms with Crippen LogP contribution in [0.25, 0.3) is 0 Å². The van der Waals surface area contributed by atoms with Crippen LogP contribution in [0.5, 0.6) is 0 Å². The summed E-state index contributed by atoms with van der Waals surface area (Å²) in [5.74, 6) is -1.26. The molecule has 1 aliphatic rings. The Labute approximate surface area is 110 Å². The van der Waals surface area contributed by atoms with Crippen molar-refractivity contribution in [3.05, 3.63) is 35.6 Å². The lowest BCUT2D eigenvalue weighted by Gasteiger charge is -2.37. The van der Waals surface area contributed by atoms with Crippen molar-refractivity contribution >= 4 is 11.9 Å². The van der Waals surface area contributed by atoms with Crippen LogP contribution in [-0.4, -0.2) is 19.0 Å². The summed E-state index contributed by atoms with van der Waals surface area (Å²) < 4.78 is 18.1. The second-order valence-corrected chi connectivity index (χ2v) is 4.70. The summed E-state index contributed by atoms with van der Waals surface area (Å²) in [6, 6.07) is 6.22. The Morgan fingerprint density at radius 2 is 2.05 bits per heavy atom. The van der Waals surface area contributed by atoms with Gasteiger partial charge < -0.3 is 10.1 Å². The molecule has 0 unspecified atom stereocenters. The number of amides is 1. The largest absolute Gasteiger partial charge is 0.468 e. The molecule has 5 heteroatoms. The fraction of sp³-hybridized carbons (Fsp3) is 0.429. The number of benzene rings is 1. The lowest BCUT2D eigenvalue weighted by atomic mass is 9.68. The third-order valence-electron chi connectivity index (χ3n) is 3.62. The van der Waals surface area contributed by atoms with Gasteiger partial charge in [0, 0.05) is 12.1 Å². The molecule has 1 amide bonds. The van der Waals surface area contributed by atoms with Gasteiger partial charge in [0.25, 0.3) is 0 Å². The minimum atomic E-state index is -1.07. The highest BCUT2D eigenvalue weighted by molar-refractivity contribution is 6.03. The molecule has 1 saturated carbocycles. The number of carbonyl (C=O) groups excluding carboxylic acids is 2. The van der Waals surface area contributed by atoms with Gasteiger partial charge >= 0.3 is 5.97 Å². The molecule has 0 heterocycles. The average molecular weight is 265 g/mol. The van der Waals surface area contributed by atoms with Gasteiger partial charge in [-0.15, -0.1) is 0 Å². The standard InChI is InChI=1S/C14H16FNO3/c1-19-13(18)14(7-4-8-14)12(17)16-9-10-5-2-3-6-11(10)15/h2-3,5-6H,4,7-9H2,1H3,(H,16,17). The monoisotopic (exact) mass is 265 g/mol. The van der Waals surface area contributed by atoms with Crippen molar-refractivity contribution in [2.24, 2.45) is 5.41 Å². The molecule has 4 nitrogen and oxygen atoms in total. The van der Waals surface area contributed by atoms with E-state index in [0.29, 0.717) is 18.4 Å². The molecular formula is C14H16FNO3. The summed E-state index contributed by atoms with van der Waals surface area (Å²) >= 11 is 0. The number of methoxy groups -OCH3 is 1. The minimum absolute atomic E-state index is 0.0737. The van der Waals surface area contributed by atoms with Crippen LogP contribution in [0.3, 0.4) is 0 Å². The predicted octanol–water partition coefficient (Wildman–Crippen LogP) is 1.79. The van der Waals surface area contributed by atoms with Crippen LogP contribution in [0.15, 0.2) is 24.3 Å². The van der Waals surface area contributed by atoms with Gasteiger partial charge in [-0.1, -0.05) is 24.6 Å². The fourth-order valence-corrected chi connectivity index (χ4v) is 2.24. The molecule has 0 radical (unpaired) electrons. The number of rotatable bonds is 4. The molecule has 1 aromatic carbocycles. The van der Waals surface area contributed by atoms with E-state index < -0.39 is 11.4 Å². The molecule has 1 N–H and O–H groups in total. The zero-order valence-electron chi connectivity index (χ0n) is 10.7. The van der Waals surface area contributed by atoms with E-state index in [1.54, 1.807) is 18.2 Å². The third kappa shape index (κ3) is 2.45. The van der Waals surface area contributed by atoms with Gasteiger partial charge in [-0.2, -0.15) is 0 Å². The zero-order chi connectivity index (χ0) is 13.9. The van der Waals surface area contributed by atoms with Crippen LogP contribution < -0.4 is 5.32 Å². The first kappa shape index (κ1) is 13.5. The molecule has 2 rings (SSSR count). The SMILES string of the molecule is COC(=O)C1(C(=O)NCc2ccccc2F)CCC1. The minimum Gasteiger partial charge on any atom is -0.468 e. The van der Waals surface area contributed by atoms with E-state index in [-0.39, 0.29) is 18.3 Å². The Balaban J connectivity index is 2.02. The van der Waals surface area contributed by atoms with Crippen LogP contribution in [0.2, 0.25) is 0 Å². The number of halogens is 1. The van der Waals surface area contributed by atoms with Crippen LogP contribution in [0.1, 0.15) is 24.8 Å². The molecule has 102 valence electrons. The van der Waals surface area contributed by atoms with Gasteiger partial charge in [0.15, 0.2) is 0 Å². The molecule has 0 bridgehead atoms. The molecule has 1 aromatic rings. The summed E-state index contributed by atoms with van der Waals surface area (Å²) in [5, 5.41) is 2.62. The Morgan fingerprint density at radius 3 is 2.58 bits per heavy atom. The number of hydrogen-bond donors (Lipinski definition) is 1. The van der Waals surface area contributed by atoms with Crippen molar-refractivity contribution < 1.29 is 18.7 Å². The topological polar surface area (TPSA) is 55.4 Å². The van der Waals surface area contributed by atoms with Gasteiger partial charge in [0.1, 0.15) is 11.2 Å². The van der Waals surface area contributed by atoms with E-state index in [1.807, 2.05) is 0 Å². The Bertz CT molecular complexity index is 497. The normalized spacial score (nSPS) is 16.3. The van der Waals surface area contributed by atoms with E-state index in [2.05, 4.69) is 10.1 Å². The molecule has 0 saturated heterocycles. The first-order valence-electron chi connectivity index (χ1n) is 6.20. The summed E-state index contributed by atoms with van der Waals surface area (Å²) in [4.78, 5) is 23.8. The molecule has 19 heavy (non-hydrogen) atoms. The Hall–Kier alpha value is -1.91. The van der Waals surface area contributed by atoms with Gasteiger partial charge in [-0.25, -0.2) is 4.39 Å². The average Bonchev–Trinajstić information content (AvgIpc) is 2.36. The van der Waals surface area contributed by atoms with Crippen molar-refractivity contribution in [3.63, 3.8) is 0 Å². The second-order valence-electron chi connectivity index (χ2n) is 4.70. The van der Waals surface area contributed by atoms with Crippen molar-refractivity contribution in [3.8, 4) is 0 Å². The molecule has 1 aliphatic carbocycles. The highest BCUT2D eigenvalue weighted by atomic mass is 19.1. The Morgan fingerprint density at radius 1 is 1.37 bits per heavy atom. The van der Waals surface area contributed by atoms with E-state index in [1.165, 1.54) is 13.2 Å². The van der Waals surface area contributed by atoms with E-state index in [9.17, 15) is 14.0 Å². The maximum absolute atomic E-state index is 13.4. The quantitative estimate of drug-likeness (QED) is 0.667. The number of ether oxygens (including phenoxy) is 1. The number of hydrogen-bond acceptors (Lipinski definition) is 3. The molecular weight excluding hydrogens is 249 g/mol. The van der Waals surface area contributed by atoms with Gasteiger partial charge in [0.05, 0.1) is 7.11 Å². The second kappa shape index (κ2) is 5.38. The van der Waals surface area contributed by atoms with Crippen LogP contribution in [-0.2, 0) is 20.9 Å². The molecule has 0 spiro atoms. The van der Waals surface area contributed by atoms with Crippen LogP contribution in [0, 0.1) is 11.2 Å². The van der Waals surface area contributed by atoms with Crippen molar-refractivity contribution in [1.82, 2.24) is 5.32 Å². The van der Waals surface area contributed by atoms with Crippen molar-refractivity contribution in [1.29, 1.82) is 0 Å². The van der Waals surface area contributed by atoms with Crippen molar-refractivity contribution in [2.45, 2.75) is 25.8 Å². The van der Waals surface area contributed by atoms with Gasteiger partial charge in [-0.05, 0) is 18.9 Å². The predicted molar refractivity (Wildman–Crippen MR) is 66.5 cm³/mol. The van der Waals surface area contributed by atoms with Crippen molar-refractivity contribution in [2.75, 3.05) is 7.11 Å². The van der Waals surface area contributed by atoms with Gasteiger partial charge in [0.2, 0.25) is 5.91 Å². The summed E-state index contributed by atoms with van der Waals surface area (Å²) in [6.45, 7) is 0.0737. The number of carbonyl (C=O) groups is 2. The lowest BCUT2D eigenvalue weighted by Crippen LogP contribution is -2.51. The number of esters is 1. The fourth-order valence-electron chi connectivity index (χ4n) is 2.24. The summed E-state index contributed by atoms with van der Waals surface area (Å²) in [6.07, 6.45) is 1.80. The third-order valence-corrected chi connectivity index (χ3v) is 3.62. The maximum atomic E-state index is 13.4. The lowest BCUT2D eigenvalue weighted by molar-refractivity contribution is -0.165. The first-order valence-corrected chi connectivity index (χ1v) is 6.20. The first-order chi connectivity index (χ1) is 9.10. The molecule has 0 aliphatic heterocycles. The molecule has 0 aromatic heterocycles.